The SMILES string of the molecule is c1ccc(-c2ccc(-c3ccccc3N(c3cccc(-c4cccc5c4oc4ccccc45)c3)c3ccccc3-c3ccccc3-c3ccccc3-c3ccccc3)cc2)cc1. The molecule has 0 unspecified atom stereocenters. The average Bonchev–Trinajstić information content (AvgIpc) is 3.74. The van der Waals surface area contributed by atoms with E-state index < -0.39 is 0 Å². The number of fused-ring (bicyclic) bond motifs is 3. The van der Waals surface area contributed by atoms with Gasteiger partial charge in [-0.1, -0.05) is 218 Å². The van der Waals surface area contributed by atoms with Gasteiger partial charge in [0.15, 0.2) is 0 Å². The predicted octanol–water partition coefficient (Wildman–Crippen LogP) is 17.1. The molecule has 11 rings (SSSR count). The molecule has 0 radical (unpaired) electrons. The van der Waals surface area contributed by atoms with Crippen molar-refractivity contribution in [3.05, 3.63) is 249 Å². The molecule has 11 aromatic rings. The highest BCUT2D eigenvalue weighted by Gasteiger charge is 2.23. The molecular weight excluding hydrogens is 751 g/mol. The maximum Gasteiger partial charge on any atom is 0.143 e. The lowest BCUT2D eigenvalue weighted by Crippen LogP contribution is -2.12. The van der Waals surface area contributed by atoms with Crippen molar-refractivity contribution in [2.45, 2.75) is 0 Å². The third-order valence-electron chi connectivity index (χ3n) is 11.9. The van der Waals surface area contributed by atoms with Crippen LogP contribution in [0.15, 0.2) is 253 Å². The summed E-state index contributed by atoms with van der Waals surface area (Å²) in [6, 6.07) is 89.1. The Balaban J connectivity index is 1.12. The lowest BCUT2D eigenvalue weighted by Gasteiger charge is -2.30. The Morgan fingerprint density at radius 1 is 0.258 bits per heavy atom. The van der Waals surface area contributed by atoms with E-state index in [0.29, 0.717) is 0 Å². The second-order valence-electron chi connectivity index (χ2n) is 15.6. The predicted molar refractivity (Wildman–Crippen MR) is 261 cm³/mol. The first-order valence-electron chi connectivity index (χ1n) is 21.2. The normalized spacial score (nSPS) is 11.2. The van der Waals surface area contributed by atoms with Gasteiger partial charge in [0.1, 0.15) is 11.2 Å². The Labute approximate surface area is 362 Å². The van der Waals surface area contributed by atoms with Crippen molar-refractivity contribution in [2.24, 2.45) is 0 Å². The molecule has 0 saturated carbocycles. The Bertz CT molecular complexity index is 3350. The van der Waals surface area contributed by atoms with E-state index in [1.165, 1.54) is 33.4 Å². The molecule has 2 nitrogen and oxygen atoms in total. The standard InChI is InChI=1S/C60H41NO/c1-3-19-42(20-4-1)43-37-39-45(40-38-43)49-26-11-14-34-57(49)61(47-24-17-23-46(41-47)50-32-18-33-56-55-31-13-16-36-59(55)62-60(50)56)58-35-15-12-30-54(58)53-29-10-9-28-52(53)51-27-8-7-25-48(51)44-21-5-2-6-22-44/h1-41H. The molecule has 0 aliphatic heterocycles. The first-order chi connectivity index (χ1) is 30.8. The minimum absolute atomic E-state index is 0.890. The van der Waals surface area contributed by atoms with Gasteiger partial charge in [0.05, 0.1) is 11.4 Å². The zero-order chi connectivity index (χ0) is 41.2. The average molecular weight is 792 g/mol. The molecule has 0 aliphatic carbocycles. The lowest BCUT2D eigenvalue weighted by molar-refractivity contribution is 0.670. The van der Waals surface area contributed by atoms with Crippen LogP contribution in [0.5, 0.6) is 0 Å². The van der Waals surface area contributed by atoms with E-state index in [9.17, 15) is 0 Å². The highest BCUT2D eigenvalue weighted by molar-refractivity contribution is 6.10. The van der Waals surface area contributed by atoms with Crippen LogP contribution in [0.25, 0.3) is 88.7 Å². The molecule has 1 aromatic heterocycles. The summed E-state index contributed by atoms with van der Waals surface area (Å²) in [7, 11) is 0. The quantitative estimate of drug-likeness (QED) is 0.145. The number of anilines is 3. The third kappa shape index (κ3) is 6.74. The van der Waals surface area contributed by atoms with Crippen molar-refractivity contribution in [3.63, 3.8) is 0 Å². The zero-order valence-corrected chi connectivity index (χ0v) is 34.0. The summed E-state index contributed by atoms with van der Waals surface area (Å²) in [6.07, 6.45) is 0. The Morgan fingerprint density at radius 2 is 0.694 bits per heavy atom. The van der Waals surface area contributed by atoms with Crippen molar-refractivity contribution in [2.75, 3.05) is 4.90 Å². The van der Waals surface area contributed by atoms with Gasteiger partial charge in [0.2, 0.25) is 0 Å². The van der Waals surface area contributed by atoms with E-state index in [2.05, 4.69) is 241 Å². The van der Waals surface area contributed by atoms with Crippen molar-refractivity contribution < 1.29 is 4.42 Å². The van der Waals surface area contributed by atoms with Crippen LogP contribution in [0.2, 0.25) is 0 Å². The molecular formula is C60H41NO. The molecule has 0 bridgehead atoms. The molecule has 0 spiro atoms. The van der Waals surface area contributed by atoms with Crippen LogP contribution in [0, 0.1) is 0 Å². The Morgan fingerprint density at radius 3 is 1.42 bits per heavy atom. The molecule has 0 N–H and O–H groups in total. The van der Waals surface area contributed by atoms with E-state index in [4.69, 9.17) is 4.42 Å². The smallest absolute Gasteiger partial charge is 0.143 e. The fourth-order valence-electron chi connectivity index (χ4n) is 9.02. The lowest BCUT2D eigenvalue weighted by atomic mass is 9.88. The second-order valence-corrected chi connectivity index (χ2v) is 15.6. The van der Waals surface area contributed by atoms with Crippen molar-refractivity contribution in [1.29, 1.82) is 0 Å². The van der Waals surface area contributed by atoms with E-state index in [0.717, 1.165) is 72.4 Å². The molecule has 62 heavy (non-hydrogen) atoms. The van der Waals surface area contributed by atoms with Crippen LogP contribution < -0.4 is 4.90 Å². The molecule has 2 heteroatoms. The Kier molecular flexibility index (Phi) is 9.57. The van der Waals surface area contributed by atoms with Crippen LogP contribution in [0.1, 0.15) is 0 Å². The molecule has 0 fully saturated rings. The van der Waals surface area contributed by atoms with Crippen molar-refractivity contribution in [3.8, 4) is 66.8 Å². The molecule has 0 amide bonds. The van der Waals surface area contributed by atoms with Crippen LogP contribution in [0.4, 0.5) is 17.1 Å². The number of nitrogens with zero attached hydrogens (tertiary/aromatic N) is 1. The molecule has 0 atom stereocenters. The number of rotatable bonds is 9. The highest BCUT2D eigenvalue weighted by atomic mass is 16.3. The minimum atomic E-state index is 0.890. The summed E-state index contributed by atoms with van der Waals surface area (Å²) in [5.74, 6) is 0. The number of hydrogen-bond donors (Lipinski definition) is 0. The summed E-state index contributed by atoms with van der Waals surface area (Å²) in [6.45, 7) is 0. The van der Waals surface area contributed by atoms with Gasteiger partial charge in [-0.3, -0.25) is 0 Å². The summed E-state index contributed by atoms with van der Waals surface area (Å²) in [4.78, 5) is 2.44. The Hall–Kier alpha value is -8.20. The molecule has 292 valence electrons. The fraction of sp³-hybridized carbons (Fsp3) is 0. The molecule has 1 heterocycles. The largest absolute Gasteiger partial charge is 0.455 e. The van der Waals surface area contributed by atoms with Gasteiger partial charge >= 0.3 is 0 Å². The number of benzene rings is 10. The number of para-hydroxylation sites is 4. The maximum atomic E-state index is 6.59. The van der Waals surface area contributed by atoms with Crippen LogP contribution in [-0.4, -0.2) is 0 Å². The molecule has 0 aliphatic rings. The first-order valence-corrected chi connectivity index (χ1v) is 21.2. The van der Waals surface area contributed by atoms with E-state index in [-0.39, 0.29) is 0 Å². The van der Waals surface area contributed by atoms with Gasteiger partial charge in [-0.2, -0.15) is 0 Å². The van der Waals surface area contributed by atoms with Gasteiger partial charge in [0.25, 0.3) is 0 Å². The van der Waals surface area contributed by atoms with Gasteiger partial charge in [-0.15, -0.1) is 0 Å². The summed E-state index contributed by atoms with van der Waals surface area (Å²) in [5.41, 5.74) is 18.8. The minimum Gasteiger partial charge on any atom is -0.455 e. The van der Waals surface area contributed by atoms with E-state index in [1.807, 2.05) is 12.1 Å². The fourth-order valence-corrected chi connectivity index (χ4v) is 9.02. The van der Waals surface area contributed by atoms with Crippen molar-refractivity contribution in [1.82, 2.24) is 0 Å². The molecule has 10 aromatic carbocycles. The monoisotopic (exact) mass is 791 g/mol. The second kappa shape index (κ2) is 16.1. The highest BCUT2D eigenvalue weighted by Crippen LogP contribution is 2.48. The van der Waals surface area contributed by atoms with Gasteiger partial charge in [-0.05, 0) is 80.4 Å². The van der Waals surface area contributed by atoms with Crippen molar-refractivity contribution >= 4 is 39.0 Å². The summed E-state index contributed by atoms with van der Waals surface area (Å²) in [5, 5.41) is 2.23. The maximum absolute atomic E-state index is 6.59. The van der Waals surface area contributed by atoms with Gasteiger partial charge in [0, 0.05) is 33.2 Å². The summed E-state index contributed by atoms with van der Waals surface area (Å²) < 4.78 is 6.59. The van der Waals surface area contributed by atoms with Crippen LogP contribution in [-0.2, 0) is 0 Å². The van der Waals surface area contributed by atoms with Gasteiger partial charge in [-0.25, -0.2) is 0 Å². The number of furan rings is 1. The topological polar surface area (TPSA) is 16.4 Å². The third-order valence-corrected chi connectivity index (χ3v) is 11.9. The zero-order valence-electron chi connectivity index (χ0n) is 34.0. The van der Waals surface area contributed by atoms with Gasteiger partial charge < -0.3 is 9.32 Å². The molecule has 0 saturated heterocycles. The van der Waals surface area contributed by atoms with E-state index >= 15 is 0 Å². The van der Waals surface area contributed by atoms with Crippen LogP contribution in [0.3, 0.4) is 0 Å². The van der Waals surface area contributed by atoms with E-state index in [1.54, 1.807) is 0 Å². The van der Waals surface area contributed by atoms with Crippen LogP contribution >= 0.6 is 0 Å². The first kappa shape index (κ1) is 36.8. The summed E-state index contributed by atoms with van der Waals surface area (Å²) >= 11 is 0. The number of hydrogen-bond acceptors (Lipinski definition) is 2.